The Hall–Kier alpha value is -4.41. The summed E-state index contributed by atoms with van der Waals surface area (Å²) in [6, 6.07) is 10.7. The predicted molar refractivity (Wildman–Crippen MR) is 179 cm³/mol. The van der Waals surface area contributed by atoms with Gasteiger partial charge >= 0.3 is 5.76 Å². The molecule has 5 aromatic rings. The number of oxazole rings is 1. The summed E-state index contributed by atoms with van der Waals surface area (Å²) in [6.45, 7) is 6.19. The fourth-order valence-electron chi connectivity index (χ4n) is 7.84. The van der Waals surface area contributed by atoms with Crippen LogP contribution >= 0.6 is 11.6 Å². The number of fused-ring (bicyclic) bond motifs is 4. The molecule has 2 fully saturated rings. The van der Waals surface area contributed by atoms with E-state index in [1.54, 1.807) is 12.3 Å². The normalized spacial score (nSPS) is 19.3. The number of aromatic nitrogens is 4. The molecule has 0 saturated carbocycles. The Bertz CT molecular complexity index is 2160. The first-order valence-corrected chi connectivity index (χ1v) is 16.9. The van der Waals surface area contributed by atoms with E-state index in [2.05, 4.69) is 16.9 Å². The van der Waals surface area contributed by atoms with E-state index >= 15 is 0 Å². The predicted octanol–water partition coefficient (Wildman–Crippen LogP) is 7.09. The highest BCUT2D eigenvalue weighted by molar-refractivity contribution is 6.30. The molecule has 4 aromatic heterocycles. The molecule has 1 aromatic carbocycles. The number of amides is 1. The molecule has 1 amide bonds. The van der Waals surface area contributed by atoms with Gasteiger partial charge in [-0.25, -0.2) is 9.18 Å². The van der Waals surface area contributed by atoms with Gasteiger partial charge in [0.1, 0.15) is 5.82 Å². The van der Waals surface area contributed by atoms with Crippen LogP contribution in [0.15, 0.2) is 58.0 Å². The highest BCUT2D eigenvalue weighted by atomic mass is 35.5. The molecule has 0 bridgehead atoms. The van der Waals surface area contributed by atoms with E-state index < -0.39 is 17.1 Å². The van der Waals surface area contributed by atoms with Crippen LogP contribution in [-0.4, -0.2) is 50.1 Å². The molecule has 3 aliphatic heterocycles. The molecule has 48 heavy (non-hydrogen) atoms. The van der Waals surface area contributed by atoms with Gasteiger partial charge in [0.05, 0.1) is 39.6 Å². The van der Waals surface area contributed by atoms with E-state index in [0.29, 0.717) is 29.1 Å². The molecule has 7 heterocycles. The number of hydrogen-bond acceptors (Lipinski definition) is 7. The zero-order chi connectivity index (χ0) is 33.2. The first-order valence-electron chi connectivity index (χ1n) is 16.5. The lowest BCUT2D eigenvalue weighted by molar-refractivity contribution is 0.0639. The number of benzene rings is 1. The molecular weight excluding hydrogens is 633 g/mol. The van der Waals surface area contributed by atoms with Gasteiger partial charge in [-0.05, 0) is 99.7 Å². The summed E-state index contributed by atoms with van der Waals surface area (Å²) in [4.78, 5) is 43.4. The zero-order valence-electron chi connectivity index (χ0n) is 26.9. The van der Waals surface area contributed by atoms with Crippen LogP contribution in [-0.2, 0) is 23.2 Å². The van der Waals surface area contributed by atoms with E-state index in [-0.39, 0.29) is 23.2 Å². The van der Waals surface area contributed by atoms with Crippen LogP contribution in [0.25, 0.3) is 33.4 Å². The lowest BCUT2D eigenvalue weighted by Gasteiger charge is -2.28. The first-order chi connectivity index (χ1) is 23.2. The van der Waals surface area contributed by atoms with Gasteiger partial charge in [-0.1, -0.05) is 17.7 Å². The molecule has 0 aliphatic carbocycles. The molecule has 8 rings (SSSR count). The monoisotopic (exact) mass is 667 g/mol. The van der Waals surface area contributed by atoms with Gasteiger partial charge in [0.25, 0.3) is 5.91 Å². The van der Waals surface area contributed by atoms with Crippen molar-refractivity contribution in [3.63, 3.8) is 0 Å². The number of hydrogen-bond donors (Lipinski definition) is 0. The number of halogens is 2. The van der Waals surface area contributed by atoms with Crippen molar-refractivity contribution in [1.29, 1.82) is 0 Å². The zero-order valence-corrected chi connectivity index (χ0v) is 27.6. The molecular formula is C37H35ClFN5O4. The van der Waals surface area contributed by atoms with Gasteiger partial charge in [-0.2, -0.15) is 0 Å². The van der Waals surface area contributed by atoms with E-state index in [9.17, 15) is 14.0 Å². The van der Waals surface area contributed by atoms with E-state index in [4.69, 9.17) is 25.7 Å². The lowest BCUT2D eigenvalue weighted by Crippen LogP contribution is -2.35. The van der Waals surface area contributed by atoms with Crippen LogP contribution in [0.2, 0.25) is 5.02 Å². The van der Waals surface area contributed by atoms with E-state index in [1.165, 1.54) is 16.8 Å². The number of carbonyl (C=O) groups is 1. The van der Waals surface area contributed by atoms with Crippen LogP contribution in [0.5, 0.6) is 0 Å². The summed E-state index contributed by atoms with van der Waals surface area (Å²) in [7, 11) is 0. The van der Waals surface area contributed by atoms with Gasteiger partial charge in [0, 0.05) is 54.7 Å². The second kappa shape index (κ2) is 11.9. The number of aryl methyl sites for hydroxylation is 2. The van der Waals surface area contributed by atoms with Crippen LogP contribution in [0.1, 0.15) is 72.2 Å². The third-order valence-corrected chi connectivity index (χ3v) is 10.6. The highest BCUT2D eigenvalue weighted by Crippen LogP contribution is 2.51. The summed E-state index contributed by atoms with van der Waals surface area (Å²) in [6.07, 6.45) is 8.66. The SMILES string of the molecule is Cc1cc(-c2c(CCC3CCOCC3)nc3c(c2-c2ccc4c(c2)oc(=O)n4Cc2ncc(Cl)cc2F)C(=O)N2CCC[C@]32C)ccn1. The lowest BCUT2D eigenvalue weighted by atomic mass is 9.84. The molecule has 11 heteroatoms. The fourth-order valence-corrected chi connectivity index (χ4v) is 7.99. The minimum absolute atomic E-state index is 0.0288. The highest BCUT2D eigenvalue weighted by Gasteiger charge is 2.52. The summed E-state index contributed by atoms with van der Waals surface area (Å²) in [5.41, 5.74) is 7.00. The summed E-state index contributed by atoms with van der Waals surface area (Å²) >= 11 is 5.90. The smallest absolute Gasteiger partial charge is 0.408 e. The van der Waals surface area contributed by atoms with Crippen molar-refractivity contribution in [2.75, 3.05) is 19.8 Å². The van der Waals surface area contributed by atoms with Crippen LogP contribution in [0, 0.1) is 18.7 Å². The maximum absolute atomic E-state index is 14.7. The Morgan fingerprint density at radius 3 is 2.62 bits per heavy atom. The van der Waals surface area contributed by atoms with Gasteiger partial charge in [0.2, 0.25) is 0 Å². The molecule has 9 nitrogen and oxygen atoms in total. The fraction of sp³-hybridized carbons (Fsp3) is 0.378. The number of rotatable bonds is 7. The number of ether oxygens (including phenoxy) is 1. The van der Waals surface area contributed by atoms with E-state index in [0.717, 1.165) is 91.1 Å². The third-order valence-electron chi connectivity index (χ3n) is 10.3. The Kier molecular flexibility index (Phi) is 7.68. The standard InChI is InChI=1S/C37H35ClFN5O4/c1-21-16-24(8-12-40-21)31-27(6-4-22-9-14-47-15-10-22)42-34-33(35(45)44-13-3-11-37(34,44)2)32(31)23-5-7-29-30(17-23)48-36(46)43(29)20-28-26(39)18-25(38)19-41-28/h5,7-8,12,16-19,22H,3-4,6,9-11,13-15,20H2,1-2H3/t37-/m1/s1. The van der Waals surface area contributed by atoms with Crippen LogP contribution < -0.4 is 5.76 Å². The van der Waals surface area contributed by atoms with Crippen molar-refractivity contribution in [2.24, 2.45) is 5.92 Å². The largest absolute Gasteiger partial charge is 0.420 e. The molecule has 0 spiro atoms. The molecule has 0 radical (unpaired) electrons. The van der Waals surface area contributed by atoms with Crippen molar-refractivity contribution in [3.8, 4) is 22.3 Å². The summed E-state index contributed by atoms with van der Waals surface area (Å²) in [5, 5.41) is 0.173. The molecule has 2 saturated heterocycles. The van der Waals surface area contributed by atoms with E-state index in [1.807, 2.05) is 36.1 Å². The van der Waals surface area contributed by atoms with Gasteiger partial charge in [-0.3, -0.25) is 24.3 Å². The Labute approximate surface area is 281 Å². The quantitative estimate of drug-likeness (QED) is 0.183. The summed E-state index contributed by atoms with van der Waals surface area (Å²) in [5.74, 6) is -0.732. The maximum Gasteiger partial charge on any atom is 0.420 e. The molecule has 246 valence electrons. The number of pyridine rings is 3. The van der Waals surface area contributed by atoms with Crippen molar-refractivity contribution in [2.45, 2.75) is 64.5 Å². The van der Waals surface area contributed by atoms with Crippen molar-refractivity contribution in [3.05, 3.63) is 98.5 Å². The Morgan fingerprint density at radius 1 is 1.02 bits per heavy atom. The first kappa shape index (κ1) is 30.9. The summed E-state index contributed by atoms with van der Waals surface area (Å²) < 4.78 is 27.4. The Morgan fingerprint density at radius 2 is 1.83 bits per heavy atom. The average molecular weight is 668 g/mol. The third kappa shape index (κ3) is 5.13. The van der Waals surface area contributed by atoms with Gasteiger partial charge in [-0.15, -0.1) is 0 Å². The van der Waals surface area contributed by atoms with Crippen LogP contribution in [0.4, 0.5) is 4.39 Å². The second-order valence-corrected chi connectivity index (χ2v) is 13.8. The maximum atomic E-state index is 14.7. The number of nitrogens with zero attached hydrogens (tertiary/aromatic N) is 5. The number of carbonyl (C=O) groups excluding carboxylic acids is 1. The second-order valence-electron chi connectivity index (χ2n) is 13.4. The topological polar surface area (TPSA) is 103 Å². The average Bonchev–Trinajstić information content (AvgIpc) is 3.69. The van der Waals surface area contributed by atoms with Gasteiger partial charge < -0.3 is 14.1 Å². The molecule has 3 aliphatic rings. The van der Waals surface area contributed by atoms with Crippen molar-refractivity contribution in [1.82, 2.24) is 24.4 Å². The minimum Gasteiger partial charge on any atom is -0.408 e. The molecule has 0 N–H and O–H groups in total. The Balaban J connectivity index is 1.33. The van der Waals surface area contributed by atoms with Crippen molar-refractivity contribution >= 4 is 28.6 Å². The van der Waals surface area contributed by atoms with Gasteiger partial charge in [0.15, 0.2) is 5.58 Å². The molecule has 1 atom stereocenters. The molecule has 0 unspecified atom stereocenters. The minimum atomic E-state index is -0.635. The van der Waals surface area contributed by atoms with Crippen LogP contribution in [0.3, 0.4) is 0 Å². The van der Waals surface area contributed by atoms with Crippen molar-refractivity contribution < 1.29 is 18.3 Å².